The Morgan fingerprint density at radius 2 is 1.90 bits per heavy atom. The Hall–Kier alpha value is -2.34. The SMILES string of the molecule is O=S(=O)(CCc1ccccc1)Nc1ccc2nccn2c1. The number of hydrogen-bond acceptors (Lipinski definition) is 3. The second-order valence-electron chi connectivity index (χ2n) is 4.77. The van der Waals surface area contributed by atoms with Gasteiger partial charge < -0.3 is 4.40 Å². The smallest absolute Gasteiger partial charge is 0.233 e. The summed E-state index contributed by atoms with van der Waals surface area (Å²) in [5.41, 5.74) is 2.32. The molecule has 1 aromatic carbocycles. The van der Waals surface area contributed by atoms with E-state index in [0.717, 1.165) is 11.2 Å². The maximum absolute atomic E-state index is 12.1. The van der Waals surface area contributed by atoms with Gasteiger partial charge in [0.15, 0.2) is 0 Å². The van der Waals surface area contributed by atoms with Crippen LogP contribution in [0.2, 0.25) is 0 Å². The van der Waals surface area contributed by atoms with Crippen LogP contribution in [0.25, 0.3) is 5.65 Å². The van der Waals surface area contributed by atoms with E-state index < -0.39 is 10.0 Å². The summed E-state index contributed by atoms with van der Waals surface area (Å²) >= 11 is 0. The number of imidazole rings is 1. The number of benzene rings is 1. The minimum absolute atomic E-state index is 0.0545. The van der Waals surface area contributed by atoms with Gasteiger partial charge in [0.1, 0.15) is 5.65 Å². The van der Waals surface area contributed by atoms with Crippen molar-refractivity contribution in [2.45, 2.75) is 6.42 Å². The summed E-state index contributed by atoms with van der Waals surface area (Å²) < 4.78 is 28.6. The number of aromatic nitrogens is 2. The summed E-state index contributed by atoms with van der Waals surface area (Å²) in [6, 6.07) is 13.1. The van der Waals surface area contributed by atoms with E-state index in [1.165, 1.54) is 0 Å². The third kappa shape index (κ3) is 3.41. The van der Waals surface area contributed by atoms with Gasteiger partial charge in [-0.1, -0.05) is 30.3 Å². The summed E-state index contributed by atoms with van der Waals surface area (Å²) in [6.45, 7) is 0. The van der Waals surface area contributed by atoms with Gasteiger partial charge in [0.05, 0.1) is 11.4 Å². The topological polar surface area (TPSA) is 63.5 Å². The molecule has 2 aromatic heterocycles. The first-order valence-corrected chi connectivity index (χ1v) is 8.25. The molecule has 6 heteroatoms. The molecule has 0 saturated heterocycles. The van der Waals surface area contributed by atoms with E-state index >= 15 is 0 Å². The molecule has 5 nitrogen and oxygen atoms in total. The predicted octanol–water partition coefficient (Wildman–Crippen LogP) is 2.32. The van der Waals surface area contributed by atoms with Crippen molar-refractivity contribution in [3.05, 3.63) is 66.6 Å². The van der Waals surface area contributed by atoms with Crippen molar-refractivity contribution in [3.8, 4) is 0 Å². The highest BCUT2D eigenvalue weighted by Gasteiger charge is 2.11. The van der Waals surface area contributed by atoms with Crippen LogP contribution in [0.3, 0.4) is 0 Å². The number of aryl methyl sites for hydroxylation is 1. The van der Waals surface area contributed by atoms with E-state index in [1.807, 2.05) is 30.3 Å². The molecule has 0 spiro atoms. The molecule has 2 heterocycles. The maximum atomic E-state index is 12.1. The van der Waals surface area contributed by atoms with Crippen LogP contribution in [0, 0.1) is 0 Å². The van der Waals surface area contributed by atoms with E-state index in [9.17, 15) is 8.42 Å². The first kappa shape index (κ1) is 13.6. The van der Waals surface area contributed by atoms with Gasteiger partial charge >= 0.3 is 0 Å². The molecule has 0 aliphatic heterocycles. The van der Waals surface area contributed by atoms with Crippen molar-refractivity contribution >= 4 is 21.4 Å². The van der Waals surface area contributed by atoms with E-state index in [2.05, 4.69) is 9.71 Å². The summed E-state index contributed by atoms with van der Waals surface area (Å²) in [4.78, 5) is 4.12. The fourth-order valence-corrected chi connectivity index (χ4v) is 3.19. The lowest BCUT2D eigenvalue weighted by Crippen LogP contribution is -2.18. The summed E-state index contributed by atoms with van der Waals surface area (Å²) in [5, 5.41) is 0. The zero-order valence-electron chi connectivity index (χ0n) is 11.3. The number of nitrogens with one attached hydrogen (secondary N) is 1. The Balaban J connectivity index is 1.70. The summed E-state index contributed by atoms with van der Waals surface area (Å²) in [7, 11) is -3.37. The second-order valence-corrected chi connectivity index (χ2v) is 6.61. The fourth-order valence-electron chi connectivity index (χ4n) is 2.11. The standard InChI is InChI=1S/C15H15N3O2S/c19-21(20,11-8-13-4-2-1-3-5-13)17-14-6-7-15-16-9-10-18(15)12-14/h1-7,9-10,12,17H,8,11H2. The number of rotatable bonds is 5. The lowest BCUT2D eigenvalue weighted by atomic mass is 10.2. The minimum atomic E-state index is -3.37. The van der Waals surface area contributed by atoms with Crippen molar-refractivity contribution < 1.29 is 8.42 Å². The molecule has 0 aliphatic carbocycles. The minimum Gasteiger partial charge on any atom is -0.305 e. The molecule has 0 atom stereocenters. The third-order valence-electron chi connectivity index (χ3n) is 3.16. The Bertz CT molecular complexity index is 841. The van der Waals surface area contributed by atoms with Gasteiger partial charge in [-0.3, -0.25) is 4.72 Å². The van der Waals surface area contributed by atoms with Crippen molar-refractivity contribution in [2.75, 3.05) is 10.5 Å². The second kappa shape index (κ2) is 5.57. The largest absolute Gasteiger partial charge is 0.305 e. The van der Waals surface area contributed by atoms with Gasteiger partial charge in [0, 0.05) is 18.6 Å². The Morgan fingerprint density at radius 1 is 1.10 bits per heavy atom. The van der Waals surface area contributed by atoms with E-state index in [0.29, 0.717) is 12.1 Å². The average Bonchev–Trinajstić information content (AvgIpc) is 2.93. The molecule has 0 radical (unpaired) electrons. The van der Waals surface area contributed by atoms with Crippen LogP contribution < -0.4 is 4.72 Å². The molecule has 0 aliphatic rings. The highest BCUT2D eigenvalue weighted by atomic mass is 32.2. The van der Waals surface area contributed by atoms with Crippen LogP contribution in [0.4, 0.5) is 5.69 Å². The van der Waals surface area contributed by atoms with Crippen LogP contribution in [-0.4, -0.2) is 23.6 Å². The lowest BCUT2D eigenvalue weighted by molar-refractivity contribution is 0.600. The lowest BCUT2D eigenvalue weighted by Gasteiger charge is -2.08. The maximum Gasteiger partial charge on any atom is 0.233 e. The molecule has 0 bridgehead atoms. The number of pyridine rings is 1. The van der Waals surface area contributed by atoms with Crippen LogP contribution in [0.15, 0.2) is 61.1 Å². The fraction of sp³-hybridized carbons (Fsp3) is 0.133. The van der Waals surface area contributed by atoms with E-state index in [-0.39, 0.29) is 5.75 Å². The van der Waals surface area contributed by atoms with E-state index in [4.69, 9.17) is 0 Å². The van der Waals surface area contributed by atoms with Crippen molar-refractivity contribution in [2.24, 2.45) is 0 Å². The first-order valence-electron chi connectivity index (χ1n) is 6.59. The van der Waals surface area contributed by atoms with Crippen LogP contribution in [0.1, 0.15) is 5.56 Å². The quantitative estimate of drug-likeness (QED) is 0.786. The monoisotopic (exact) mass is 301 g/mol. The molecule has 21 heavy (non-hydrogen) atoms. The molecule has 1 N–H and O–H groups in total. The molecule has 3 rings (SSSR count). The number of sulfonamides is 1. The summed E-state index contributed by atoms with van der Waals surface area (Å²) in [6.07, 6.45) is 5.64. The van der Waals surface area contributed by atoms with Gasteiger partial charge in [-0.05, 0) is 24.1 Å². The Kier molecular flexibility index (Phi) is 3.62. The molecule has 0 unspecified atom stereocenters. The Labute approximate surface area is 123 Å². The van der Waals surface area contributed by atoms with Crippen LogP contribution in [-0.2, 0) is 16.4 Å². The van der Waals surface area contributed by atoms with Crippen molar-refractivity contribution in [1.29, 1.82) is 0 Å². The van der Waals surface area contributed by atoms with Crippen molar-refractivity contribution in [1.82, 2.24) is 9.38 Å². The molecular formula is C15H15N3O2S. The highest BCUT2D eigenvalue weighted by Crippen LogP contribution is 2.12. The molecule has 0 fully saturated rings. The predicted molar refractivity (Wildman–Crippen MR) is 82.7 cm³/mol. The number of fused-ring (bicyclic) bond motifs is 1. The molecule has 3 aromatic rings. The summed E-state index contributed by atoms with van der Waals surface area (Å²) in [5.74, 6) is 0.0545. The van der Waals surface area contributed by atoms with Gasteiger partial charge in [0.25, 0.3) is 0 Å². The zero-order valence-corrected chi connectivity index (χ0v) is 12.1. The van der Waals surface area contributed by atoms with Gasteiger partial charge in [-0.25, -0.2) is 13.4 Å². The molecule has 0 saturated carbocycles. The Morgan fingerprint density at radius 3 is 2.71 bits per heavy atom. The van der Waals surface area contributed by atoms with Crippen LogP contribution >= 0.6 is 0 Å². The van der Waals surface area contributed by atoms with Gasteiger partial charge in [0.2, 0.25) is 10.0 Å². The zero-order chi connectivity index (χ0) is 14.7. The highest BCUT2D eigenvalue weighted by molar-refractivity contribution is 7.92. The number of hydrogen-bond donors (Lipinski definition) is 1. The van der Waals surface area contributed by atoms with Gasteiger partial charge in [-0.15, -0.1) is 0 Å². The molecule has 108 valence electrons. The first-order chi connectivity index (χ1) is 10.1. The number of nitrogens with zero attached hydrogens (tertiary/aromatic N) is 2. The molecule has 0 amide bonds. The molecular weight excluding hydrogens is 286 g/mol. The van der Waals surface area contributed by atoms with Gasteiger partial charge in [-0.2, -0.15) is 0 Å². The van der Waals surface area contributed by atoms with E-state index in [1.54, 1.807) is 35.1 Å². The average molecular weight is 301 g/mol. The third-order valence-corrected chi connectivity index (χ3v) is 4.45. The van der Waals surface area contributed by atoms with Crippen LogP contribution in [0.5, 0.6) is 0 Å². The number of anilines is 1. The van der Waals surface area contributed by atoms with Crippen molar-refractivity contribution in [3.63, 3.8) is 0 Å². The normalized spacial score (nSPS) is 11.6.